The topological polar surface area (TPSA) is 81.4 Å². The number of carbonyl (C=O) groups excluding carboxylic acids is 2. The average molecular weight is 301 g/mol. The third kappa shape index (κ3) is 5.19. The molecule has 0 aliphatic rings. The summed E-state index contributed by atoms with van der Waals surface area (Å²) in [6.07, 6.45) is 0.143. The highest BCUT2D eigenvalue weighted by molar-refractivity contribution is 5.87. The van der Waals surface area contributed by atoms with Gasteiger partial charge < -0.3 is 15.8 Å². The Hall–Kier alpha value is -1.59. The molecule has 0 radical (unpaired) electrons. The summed E-state index contributed by atoms with van der Waals surface area (Å²) in [7, 11) is 0. The summed E-state index contributed by atoms with van der Waals surface area (Å²) >= 11 is 0. The van der Waals surface area contributed by atoms with E-state index in [2.05, 4.69) is 5.32 Å². The first-order valence-electron chi connectivity index (χ1n) is 6.26. The quantitative estimate of drug-likeness (QED) is 0.777. The molecule has 1 aromatic rings. The molecule has 0 saturated heterocycles. The second-order valence-electron chi connectivity index (χ2n) is 4.38. The lowest BCUT2D eigenvalue weighted by atomic mass is 9.92. The molecule has 1 atom stereocenters. The fourth-order valence-corrected chi connectivity index (χ4v) is 1.61. The SMILES string of the molecule is CCOC(=O)CCNC(=O)C(C)(N)c1ccccc1.Cl. The number of benzene rings is 1. The third-order valence-corrected chi connectivity index (χ3v) is 2.77. The van der Waals surface area contributed by atoms with Gasteiger partial charge in [0, 0.05) is 6.54 Å². The number of esters is 1. The van der Waals surface area contributed by atoms with Crippen molar-refractivity contribution in [2.45, 2.75) is 25.8 Å². The molecular weight excluding hydrogens is 280 g/mol. The second-order valence-corrected chi connectivity index (χ2v) is 4.38. The van der Waals surface area contributed by atoms with E-state index < -0.39 is 5.54 Å². The Morgan fingerprint density at radius 1 is 1.30 bits per heavy atom. The van der Waals surface area contributed by atoms with Crippen LogP contribution in [0.2, 0.25) is 0 Å². The minimum Gasteiger partial charge on any atom is -0.466 e. The number of hydrogen-bond acceptors (Lipinski definition) is 4. The first-order valence-corrected chi connectivity index (χ1v) is 6.26. The molecule has 1 amide bonds. The minimum atomic E-state index is -1.12. The van der Waals surface area contributed by atoms with E-state index in [9.17, 15) is 9.59 Å². The minimum absolute atomic E-state index is 0. The third-order valence-electron chi connectivity index (χ3n) is 2.77. The molecule has 0 spiro atoms. The van der Waals surface area contributed by atoms with Crippen LogP contribution in [0.4, 0.5) is 0 Å². The molecular formula is C14H21ClN2O3. The summed E-state index contributed by atoms with van der Waals surface area (Å²) in [6.45, 7) is 3.94. The van der Waals surface area contributed by atoms with Crippen LogP contribution in [0.3, 0.4) is 0 Å². The normalized spacial score (nSPS) is 12.8. The lowest BCUT2D eigenvalue weighted by molar-refractivity contribution is -0.143. The summed E-state index contributed by atoms with van der Waals surface area (Å²) in [5, 5.41) is 2.65. The monoisotopic (exact) mass is 300 g/mol. The van der Waals surface area contributed by atoms with Crippen LogP contribution in [-0.2, 0) is 19.9 Å². The molecule has 0 aliphatic carbocycles. The number of carbonyl (C=O) groups is 2. The number of amides is 1. The first-order chi connectivity index (χ1) is 8.98. The van der Waals surface area contributed by atoms with Crippen LogP contribution in [0.15, 0.2) is 30.3 Å². The van der Waals surface area contributed by atoms with Crippen molar-refractivity contribution in [2.24, 2.45) is 5.73 Å². The number of nitrogens with one attached hydrogen (secondary N) is 1. The summed E-state index contributed by atoms with van der Waals surface area (Å²) in [6, 6.07) is 9.10. The molecule has 3 N–H and O–H groups in total. The number of rotatable bonds is 6. The van der Waals surface area contributed by atoms with Gasteiger partial charge in [-0.2, -0.15) is 0 Å². The van der Waals surface area contributed by atoms with E-state index in [1.165, 1.54) is 0 Å². The highest BCUT2D eigenvalue weighted by Gasteiger charge is 2.29. The van der Waals surface area contributed by atoms with Crippen molar-refractivity contribution < 1.29 is 14.3 Å². The van der Waals surface area contributed by atoms with Gasteiger partial charge in [0.1, 0.15) is 5.54 Å². The van der Waals surface area contributed by atoms with Crippen molar-refractivity contribution in [1.29, 1.82) is 0 Å². The van der Waals surface area contributed by atoms with Gasteiger partial charge in [0.25, 0.3) is 0 Å². The lowest BCUT2D eigenvalue weighted by Gasteiger charge is -2.23. The van der Waals surface area contributed by atoms with Crippen LogP contribution in [-0.4, -0.2) is 25.0 Å². The van der Waals surface area contributed by atoms with Gasteiger partial charge in [0.15, 0.2) is 0 Å². The molecule has 6 heteroatoms. The second kappa shape index (κ2) is 8.55. The first kappa shape index (κ1) is 18.4. The Balaban J connectivity index is 0.00000361. The van der Waals surface area contributed by atoms with E-state index in [-0.39, 0.29) is 37.2 Å². The molecule has 5 nitrogen and oxygen atoms in total. The van der Waals surface area contributed by atoms with Crippen LogP contribution in [0, 0.1) is 0 Å². The number of hydrogen-bond donors (Lipinski definition) is 2. The maximum absolute atomic E-state index is 12.0. The van der Waals surface area contributed by atoms with Gasteiger partial charge in [0.2, 0.25) is 5.91 Å². The fraction of sp³-hybridized carbons (Fsp3) is 0.429. The van der Waals surface area contributed by atoms with Gasteiger partial charge in [0.05, 0.1) is 13.0 Å². The van der Waals surface area contributed by atoms with Crippen molar-refractivity contribution in [2.75, 3.05) is 13.2 Å². The standard InChI is InChI=1S/C14H20N2O3.ClH/c1-3-19-12(17)9-10-16-13(18)14(2,15)11-7-5-4-6-8-11;/h4-8H,3,9-10,15H2,1-2H3,(H,16,18);1H. The van der Waals surface area contributed by atoms with Gasteiger partial charge in [-0.05, 0) is 19.4 Å². The zero-order valence-corrected chi connectivity index (χ0v) is 12.5. The molecule has 0 saturated carbocycles. The van der Waals surface area contributed by atoms with Crippen LogP contribution in [0.5, 0.6) is 0 Å². The van der Waals surface area contributed by atoms with Gasteiger partial charge in [-0.15, -0.1) is 12.4 Å². The Labute approximate surface area is 125 Å². The zero-order valence-electron chi connectivity index (χ0n) is 11.7. The van der Waals surface area contributed by atoms with Crippen molar-refractivity contribution in [3.63, 3.8) is 0 Å². The van der Waals surface area contributed by atoms with E-state index in [1.807, 2.05) is 18.2 Å². The Morgan fingerprint density at radius 3 is 2.45 bits per heavy atom. The number of nitrogens with two attached hydrogens (primary N) is 1. The van der Waals surface area contributed by atoms with Crippen LogP contribution >= 0.6 is 12.4 Å². The predicted molar refractivity (Wildman–Crippen MR) is 79.5 cm³/mol. The maximum Gasteiger partial charge on any atom is 0.307 e. The number of halogens is 1. The molecule has 0 aromatic heterocycles. The van der Waals surface area contributed by atoms with Crippen molar-refractivity contribution in [1.82, 2.24) is 5.32 Å². The molecule has 1 unspecified atom stereocenters. The van der Waals surface area contributed by atoms with E-state index in [0.29, 0.717) is 6.61 Å². The molecule has 112 valence electrons. The predicted octanol–water partition coefficient (Wildman–Crippen LogP) is 1.35. The highest BCUT2D eigenvalue weighted by Crippen LogP contribution is 2.17. The summed E-state index contributed by atoms with van der Waals surface area (Å²) in [4.78, 5) is 23.2. The molecule has 0 bridgehead atoms. The highest BCUT2D eigenvalue weighted by atomic mass is 35.5. The van der Waals surface area contributed by atoms with E-state index in [0.717, 1.165) is 5.56 Å². The van der Waals surface area contributed by atoms with Crippen LogP contribution < -0.4 is 11.1 Å². The fourth-order valence-electron chi connectivity index (χ4n) is 1.61. The summed E-state index contributed by atoms with van der Waals surface area (Å²) in [5.41, 5.74) is 5.64. The summed E-state index contributed by atoms with van der Waals surface area (Å²) < 4.78 is 4.77. The van der Waals surface area contributed by atoms with Gasteiger partial charge >= 0.3 is 5.97 Å². The van der Waals surface area contributed by atoms with Crippen LogP contribution in [0.25, 0.3) is 0 Å². The van der Waals surface area contributed by atoms with Gasteiger partial charge in [-0.1, -0.05) is 30.3 Å². The van der Waals surface area contributed by atoms with Crippen molar-refractivity contribution in [3.8, 4) is 0 Å². The smallest absolute Gasteiger partial charge is 0.307 e. The molecule has 1 aromatic carbocycles. The van der Waals surface area contributed by atoms with E-state index in [1.54, 1.807) is 26.0 Å². The van der Waals surface area contributed by atoms with Gasteiger partial charge in [-0.3, -0.25) is 9.59 Å². The Morgan fingerprint density at radius 2 is 1.90 bits per heavy atom. The lowest BCUT2D eigenvalue weighted by Crippen LogP contribution is -2.49. The maximum atomic E-state index is 12.0. The largest absolute Gasteiger partial charge is 0.466 e. The van der Waals surface area contributed by atoms with Crippen molar-refractivity contribution in [3.05, 3.63) is 35.9 Å². The molecule has 20 heavy (non-hydrogen) atoms. The zero-order chi connectivity index (χ0) is 14.3. The average Bonchev–Trinajstić information content (AvgIpc) is 2.40. The molecule has 0 aliphatic heterocycles. The van der Waals surface area contributed by atoms with Crippen molar-refractivity contribution >= 4 is 24.3 Å². The molecule has 0 fully saturated rings. The van der Waals surface area contributed by atoms with Gasteiger partial charge in [-0.25, -0.2) is 0 Å². The van der Waals surface area contributed by atoms with E-state index >= 15 is 0 Å². The van der Waals surface area contributed by atoms with E-state index in [4.69, 9.17) is 10.5 Å². The Bertz CT molecular complexity index is 435. The summed E-state index contributed by atoms with van der Waals surface area (Å²) in [5.74, 6) is -0.649. The van der Waals surface area contributed by atoms with Crippen LogP contribution in [0.1, 0.15) is 25.8 Å². The molecule has 1 rings (SSSR count). The number of ether oxygens (including phenoxy) is 1. The molecule has 0 heterocycles. The Kier molecular flexibility index (Phi) is 7.87.